The largest absolute Gasteiger partial charge is 0.487 e. The van der Waals surface area contributed by atoms with Crippen molar-refractivity contribution in [2.75, 3.05) is 29.9 Å². The van der Waals surface area contributed by atoms with Crippen molar-refractivity contribution in [3.05, 3.63) is 66.2 Å². The van der Waals surface area contributed by atoms with Crippen molar-refractivity contribution in [3.63, 3.8) is 0 Å². The van der Waals surface area contributed by atoms with E-state index in [1.807, 2.05) is 54.3 Å². The summed E-state index contributed by atoms with van der Waals surface area (Å²) >= 11 is 0. The molecule has 0 spiro atoms. The van der Waals surface area contributed by atoms with E-state index >= 15 is 0 Å². The molecule has 1 aliphatic heterocycles. The smallest absolute Gasteiger partial charge is 0.246 e. The van der Waals surface area contributed by atoms with Crippen LogP contribution in [0.3, 0.4) is 0 Å². The first kappa shape index (κ1) is 17.1. The zero-order valence-corrected chi connectivity index (χ0v) is 14.6. The fourth-order valence-corrected chi connectivity index (χ4v) is 3.00. The van der Waals surface area contributed by atoms with Crippen molar-refractivity contribution >= 4 is 17.3 Å². The monoisotopic (exact) mass is 336 g/mol. The van der Waals surface area contributed by atoms with Crippen LogP contribution in [0.15, 0.2) is 60.7 Å². The van der Waals surface area contributed by atoms with Gasteiger partial charge in [0.25, 0.3) is 0 Å². The molecule has 0 aromatic heterocycles. The molecule has 1 heterocycles. The lowest BCUT2D eigenvalue weighted by atomic mass is 10.0. The molecule has 2 aromatic rings. The number of hydrogen-bond donors (Lipinski definition) is 1. The van der Waals surface area contributed by atoms with Gasteiger partial charge in [-0.05, 0) is 49.1 Å². The fraction of sp³-hybridized carbons (Fsp3) is 0.286. The number of ether oxygens (including phenoxy) is 1. The third kappa shape index (κ3) is 4.21. The van der Waals surface area contributed by atoms with Crippen molar-refractivity contribution in [1.29, 1.82) is 0 Å². The van der Waals surface area contributed by atoms with E-state index in [0.29, 0.717) is 6.61 Å². The van der Waals surface area contributed by atoms with Crippen LogP contribution in [-0.2, 0) is 11.2 Å². The van der Waals surface area contributed by atoms with Gasteiger partial charge in [-0.15, -0.1) is 0 Å². The zero-order valence-electron chi connectivity index (χ0n) is 14.6. The molecule has 1 amide bonds. The number of nitrogens with zero attached hydrogens (tertiary/aromatic N) is 1. The lowest BCUT2D eigenvalue weighted by Crippen LogP contribution is -2.39. The van der Waals surface area contributed by atoms with Crippen LogP contribution in [-0.4, -0.2) is 25.6 Å². The van der Waals surface area contributed by atoms with E-state index in [1.54, 1.807) is 0 Å². The lowest BCUT2D eigenvalue weighted by Gasteiger charge is -2.29. The van der Waals surface area contributed by atoms with E-state index in [-0.39, 0.29) is 12.5 Å². The van der Waals surface area contributed by atoms with Crippen molar-refractivity contribution in [1.82, 2.24) is 0 Å². The first-order valence-electron chi connectivity index (χ1n) is 8.63. The first-order valence-corrected chi connectivity index (χ1v) is 8.63. The van der Waals surface area contributed by atoms with E-state index in [1.165, 1.54) is 5.56 Å². The average molecular weight is 336 g/mol. The van der Waals surface area contributed by atoms with Crippen LogP contribution in [0.25, 0.3) is 0 Å². The molecule has 4 heteroatoms. The normalized spacial score (nSPS) is 13.1. The zero-order chi connectivity index (χ0) is 17.6. The van der Waals surface area contributed by atoms with E-state index in [2.05, 4.69) is 18.0 Å². The number of anilines is 2. The van der Waals surface area contributed by atoms with Gasteiger partial charge in [-0.3, -0.25) is 4.79 Å². The van der Waals surface area contributed by atoms with Gasteiger partial charge in [0, 0.05) is 12.2 Å². The number of carbonyl (C=O) groups excluding carboxylic acids is 1. The summed E-state index contributed by atoms with van der Waals surface area (Å²) in [5.74, 6) is 0.805. The van der Waals surface area contributed by atoms with Crippen LogP contribution in [0.5, 0.6) is 5.75 Å². The summed E-state index contributed by atoms with van der Waals surface area (Å²) in [4.78, 5) is 14.6. The molecular weight excluding hydrogens is 312 g/mol. The minimum Gasteiger partial charge on any atom is -0.487 e. The molecule has 3 rings (SSSR count). The first-order chi connectivity index (χ1) is 12.1. The summed E-state index contributed by atoms with van der Waals surface area (Å²) in [5, 5.41) is 3.22. The van der Waals surface area contributed by atoms with E-state index in [9.17, 15) is 4.79 Å². The number of rotatable bonds is 6. The second kappa shape index (κ2) is 7.88. The molecule has 0 atom stereocenters. The quantitative estimate of drug-likeness (QED) is 0.810. The molecule has 0 saturated carbocycles. The molecule has 0 fully saturated rings. The van der Waals surface area contributed by atoms with Gasteiger partial charge >= 0.3 is 0 Å². The van der Waals surface area contributed by atoms with Crippen LogP contribution in [0, 0.1) is 0 Å². The Hall–Kier alpha value is -2.75. The van der Waals surface area contributed by atoms with Crippen molar-refractivity contribution < 1.29 is 9.53 Å². The van der Waals surface area contributed by atoms with E-state index < -0.39 is 0 Å². The Morgan fingerprint density at radius 2 is 1.96 bits per heavy atom. The molecule has 0 unspecified atom stereocenters. The number of amides is 1. The predicted octanol–water partition coefficient (Wildman–Crippen LogP) is 4.03. The third-order valence-electron chi connectivity index (χ3n) is 4.20. The molecule has 0 bridgehead atoms. The number of hydrogen-bond acceptors (Lipinski definition) is 3. The predicted molar refractivity (Wildman–Crippen MR) is 102 cm³/mol. The molecule has 130 valence electrons. The second-order valence-electron chi connectivity index (χ2n) is 6.37. The maximum absolute atomic E-state index is 12.7. The summed E-state index contributed by atoms with van der Waals surface area (Å²) in [6, 6.07) is 15.8. The van der Waals surface area contributed by atoms with Crippen LogP contribution in [0.2, 0.25) is 0 Å². The van der Waals surface area contributed by atoms with Gasteiger partial charge in [-0.1, -0.05) is 36.9 Å². The minimum absolute atomic E-state index is 0.0712. The highest BCUT2D eigenvalue weighted by Crippen LogP contribution is 2.27. The Balaban J connectivity index is 1.67. The van der Waals surface area contributed by atoms with Gasteiger partial charge in [0.15, 0.2) is 0 Å². The van der Waals surface area contributed by atoms with Gasteiger partial charge in [-0.25, -0.2) is 0 Å². The summed E-state index contributed by atoms with van der Waals surface area (Å²) in [6.07, 6.45) is 2.03. The highest BCUT2D eigenvalue weighted by atomic mass is 16.5. The van der Waals surface area contributed by atoms with Crippen LogP contribution in [0.4, 0.5) is 11.4 Å². The van der Waals surface area contributed by atoms with Gasteiger partial charge in [0.2, 0.25) is 5.91 Å². The Morgan fingerprint density at radius 3 is 2.80 bits per heavy atom. The molecule has 1 aliphatic rings. The average Bonchev–Trinajstić information content (AvgIpc) is 2.64. The molecule has 2 aromatic carbocycles. The summed E-state index contributed by atoms with van der Waals surface area (Å²) in [6.45, 7) is 7.25. The maximum Gasteiger partial charge on any atom is 0.246 e. The Morgan fingerprint density at radius 1 is 1.20 bits per heavy atom. The molecule has 25 heavy (non-hydrogen) atoms. The highest BCUT2D eigenvalue weighted by molar-refractivity contribution is 5.97. The Kier molecular flexibility index (Phi) is 5.39. The molecule has 0 aliphatic carbocycles. The number of carbonyl (C=O) groups is 1. The Bertz CT molecular complexity index is 770. The SMILES string of the molecule is C=C(C)COc1ccccc1NCC(=O)N1CCCc2ccccc21. The molecule has 0 radical (unpaired) electrons. The topological polar surface area (TPSA) is 41.6 Å². The fourth-order valence-electron chi connectivity index (χ4n) is 3.00. The molecular formula is C21H24N2O2. The van der Waals surface area contributed by atoms with Gasteiger partial charge < -0.3 is 15.0 Å². The van der Waals surface area contributed by atoms with Gasteiger partial charge in [0.05, 0.1) is 12.2 Å². The number of aryl methyl sites for hydroxylation is 1. The van der Waals surface area contributed by atoms with Gasteiger partial charge in [-0.2, -0.15) is 0 Å². The van der Waals surface area contributed by atoms with Gasteiger partial charge in [0.1, 0.15) is 12.4 Å². The molecule has 1 N–H and O–H groups in total. The second-order valence-corrected chi connectivity index (χ2v) is 6.37. The van der Waals surface area contributed by atoms with E-state index in [0.717, 1.165) is 42.1 Å². The summed E-state index contributed by atoms with van der Waals surface area (Å²) in [7, 11) is 0. The maximum atomic E-state index is 12.7. The number of nitrogens with one attached hydrogen (secondary N) is 1. The Labute approximate surface area is 149 Å². The van der Waals surface area contributed by atoms with E-state index in [4.69, 9.17) is 4.74 Å². The van der Waals surface area contributed by atoms with Crippen molar-refractivity contribution in [2.45, 2.75) is 19.8 Å². The number of fused-ring (bicyclic) bond motifs is 1. The third-order valence-corrected chi connectivity index (χ3v) is 4.20. The minimum atomic E-state index is 0.0712. The standard InChI is InChI=1S/C21H24N2O2/c1-16(2)15-25-20-12-6-4-10-18(20)22-14-21(24)23-13-7-9-17-8-3-5-11-19(17)23/h3-6,8,10-12,22H,1,7,9,13-15H2,2H3. The highest BCUT2D eigenvalue weighted by Gasteiger charge is 2.21. The summed E-state index contributed by atoms with van der Waals surface area (Å²) in [5.41, 5.74) is 4.05. The van der Waals surface area contributed by atoms with Crippen molar-refractivity contribution in [3.8, 4) is 5.75 Å². The van der Waals surface area contributed by atoms with Crippen LogP contribution in [0.1, 0.15) is 18.9 Å². The number of benzene rings is 2. The van der Waals surface area contributed by atoms with Crippen LogP contribution >= 0.6 is 0 Å². The lowest BCUT2D eigenvalue weighted by molar-refractivity contribution is -0.117. The van der Waals surface area contributed by atoms with Crippen molar-refractivity contribution in [2.24, 2.45) is 0 Å². The molecule has 0 saturated heterocycles. The number of para-hydroxylation sites is 3. The van der Waals surface area contributed by atoms with Crippen LogP contribution < -0.4 is 15.0 Å². The summed E-state index contributed by atoms with van der Waals surface area (Å²) < 4.78 is 5.75. The molecule has 4 nitrogen and oxygen atoms in total.